The van der Waals surface area contributed by atoms with Gasteiger partial charge in [-0.25, -0.2) is 0 Å². The van der Waals surface area contributed by atoms with Crippen LogP contribution in [-0.4, -0.2) is 0 Å². The summed E-state index contributed by atoms with van der Waals surface area (Å²) in [6.45, 7) is 0. The van der Waals surface area contributed by atoms with E-state index in [1.807, 2.05) is 0 Å². The van der Waals surface area contributed by atoms with Crippen molar-refractivity contribution in [3.8, 4) is 5.75 Å². The Balaban J connectivity index is 2.84. The van der Waals surface area contributed by atoms with Crippen LogP contribution in [0.1, 0.15) is 0 Å². The SMILES string of the molecule is Nc1cccc(ON=O)c1. The lowest BCUT2D eigenvalue weighted by molar-refractivity contribution is 0.335. The number of rotatable bonds is 2. The van der Waals surface area contributed by atoms with Gasteiger partial charge in [-0.15, -0.1) is 4.91 Å². The molecule has 2 N–H and O–H groups in total. The van der Waals surface area contributed by atoms with Crippen molar-refractivity contribution in [2.24, 2.45) is 5.34 Å². The van der Waals surface area contributed by atoms with Crippen LogP contribution in [0.3, 0.4) is 0 Å². The summed E-state index contributed by atoms with van der Waals surface area (Å²) in [7, 11) is 0. The van der Waals surface area contributed by atoms with E-state index in [-0.39, 0.29) is 0 Å². The first-order valence-corrected chi connectivity index (χ1v) is 2.68. The molecular weight excluding hydrogens is 132 g/mol. The number of nitrogens with zero attached hydrogens (tertiary/aromatic N) is 1. The summed E-state index contributed by atoms with van der Waals surface area (Å²) in [6, 6.07) is 6.48. The van der Waals surface area contributed by atoms with Crippen molar-refractivity contribution >= 4 is 5.69 Å². The summed E-state index contributed by atoms with van der Waals surface area (Å²) in [6.07, 6.45) is 0. The smallest absolute Gasteiger partial charge is 0.163 e. The summed E-state index contributed by atoms with van der Waals surface area (Å²) in [5.74, 6) is 0.356. The Morgan fingerprint density at radius 2 is 2.30 bits per heavy atom. The van der Waals surface area contributed by atoms with E-state index in [2.05, 4.69) is 10.2 Å². The number of nitrogen functional groups attached to an aromatic ring is 1. The van der Waals surface area contributed by atoms with Gasteiger partial charge in [0.05, 0.1) is 0 Å². The maximum absolute atomic E-state index is 9.57. The highest BCUT2D eigenvalue weighted by Gasteiger charge is 1.91. The van der Waals surface area contributed by atoms with Gasteiger partial charge in [-0.1, -0.05) is 6.07 Å². The molecule has 0 aliphatic heterocycles. The van der Waals surface area contributed by atoms with Crippen molar-refractivity contribution in [1.82, 2.24) is 0 Å². The number of hydrogen-bond acceptors (Lipinski definition) is 4. The minimum atomic E-state index is 0.356. The first-order valence-electron chi connectivity index (χ1n) is 2.68. The Morgan fingerprint density at radius 1 is 1.50 bits per heavy atom. The van der Waals surface area contributed by atoms with Gasteiger partial charge in [-0.3, -0.25) is 0 Å². The first-order chi connectivity index (χ1) is 4.83. The molecule has 0 amide bonds. The summed E-state index contributed by atoms with van der Waals surface area (Å²) in [5.41, 5.74) is 5.91. The molecule has 0 heterocycles. The molecule has 1 aromatic carbocycles. The van der Waals surface area contributed by atoms with Gasteiger partial charge in [-0.2, -0.15) is 0 Å². The molecule has 0 aliphatic rings. The van der Waals surface area contributed by atoms with Crippen LogP contribution in [-0.2, 0) is 0 Å². The number of hydrogen-bond donors (Lipinski definition) is 1. The first kappa shape index (κ1) is 6.54. The largest absolute Gasteiger partial charge is 0.399 e. The van der Waals surface area contributed by atoms with Gasteiger partial charge in [0.2, 0.25) is 0 Å². The van der Waals surface area contributed by atoms with E-state index >= 15 is 0 Å². The highest BCUT2D eigenvalue weighted by Crippen LogP contribution is 2.13. The van der Waals surface area contributed by atoms with Gasteiger partial charge in [0.25, 0.3) is 0 Å². The average Bonchev–Trinajstić information content (AvgIpc) is 1.88. The van der Waals surface area contributed by atoms with E-state index in [0.29, 0.717) is 11.4 Å². The molecule has 52 valence electrons. The molecule has 4 heteroatoms. The fraction of sp³-hybridized carbons (Fsp3) is 0. The third-order valence-electron chi connectivity index (χ3n) is 1.00. The van der Waals surface area contributed by atoms with E-state index in [1.165, 1.54) is 6.07 Å². The summed E-state index contributed by atoms with van der Waals surface area (Å²) in [4.78, 5) is 13.8. The second kappa shape index (κ2) is 2.82. The zero-order chi connectivity index (χ0) is 7.40. The van der Waals surface area contributed by atoms with Gasteiger partial charge >= 0.3 is 0 Å². The fourth-order valence-corrected chi connectivity index (χ4v) is 0.614. The maximum atomic E-state index is 9.57. The Hall–Kier alpha value is -1.58. The van der Waals surface area contributed by atoms with Crippen LogP contribution < -0.4 is 10.6 Å². The van der Waals surface area contributed by atoms with Crippen molar-refractivity contribution in [2.45, 2.75) is 0 Å². The molecule has 10 heavy (non-hydrogen) atoms. The standard InChI is InChI=1S/C6H6N2O2/c7-5-2-1-3-6(4-5)10-8-9/h1-4H,7H2. The molecular formula is C6H6N2O2. The molecule has 0 fully saturated rings. The maximum Gasteiger partial charge on any atom is 0.163 e. The third kappa shape index (κ3) is 1.45. The average molecular weight is 138 g/mol. The Morgan fingerprint density at radius 3 is 2.90 bits per heavy atom. The van der Waals surface area contributed by atoms with E-state index in [0.717, 1.165) is 0 Å². The summed E-state index contributed by atoms with van der Waals surface area (Å²) >= 11 is 0. The molecule has 4 nitrogen and oxygen atoms in total. The van der Waals surface area contributed by atoms with Gasteiger partial charge in [0.1, 0.15) is 0 Å². The van der Waals surface area contributed by atoms with Gasteiger partial charge in [-0.05, 0) is 12.1 Å². The predicted octanol–water partition coefficient (Wildman–Crippen LogP) is 1.33. The van der Waals surface area contributed by atoms with Crippen molar-refractivity contribution in [1.29, 1.82) is 0 Å². The molecule has 0 bridgehead atoms. The highest BCUT2D eigenvalue weighted by atomic mass is 16.7. The van der Waals surface area contributed by atoms with Gasteiger partial charge < -0.3 is 10.6 Å². The molecule has 1 rings (SSSR count). The highest BCUT2D eigenvalue weighted by molar-refractivity contribution is 5.43. The normalized spacial score (nSPS) is 8.80. The predicted molar refractivity (Wildman–Crippen MR) is 37.3 cm³/mol. The zero-order valence-corrected chi connectivity index (χ0v) is 5.15. The molecule has 0 saturated carbocycles. The van der Waals surface area contributed by atoms with E-state index in [9.17, 15) is 4.91 Å². The molecule has 0 atom stereocenters. The van der Waals surface area contributed by atoms with Crippen LogP contribution in [0.4, 0.5) is 5.69 Å². The molecule has 0 aromatic heterocycles. The number of anilines is 1. The van der Waals surface area contributed by atoms with Crippen LogP contribution >= 0.6 is 0 Å². The Kier molecular flexibility index (Phi) is 1.84. The number of benzene rings is 1. The lowest BCUT2D eigenvalue weighted by Gasteiger charge is -1.94. The minimum Gasteiger partial charge on any atom is -0.399 e. The van der Waals surface area contributed by atoms with Crippen LogP contribution in [0.15, 0.2) is 29.6 Å². The molecule has 0 unspecified atom stereocenters. The Labute approximate surface area is 57.5 Å². The van der Waals surface area contributed by atoms with Gasteiger partial charge in [0.15, 0.2) is 11.1 Å². The molecule has 0 aliphatic carbocycles. The molecule has 0 spiro atoms. The van der Waals surface area contributed by atoms with Crippen molar-refractivity contribution in [3.63, 3.8) is 0 Å². The second-order valence-corrected chi connectivity index (χ2v) is 1.74. The Bertz CT molecular complexity index is 237. The minimum absolute atomic E-state index is 0.356. The van der Waals surface area contributed by atoms with Gasteiger partial charge in [0, 0.05) is 11.8 Å². The fourth-order valence-electron chi connectivity index (χ4n) is 0.614. The third-order valence-corrected chi connectivity index (χ3v) is 1.00. The van der Waals surface area contributed by atoms with E-state index in [1.54, 1.807) is 18.2 Å². The molecule has 0 saturated heterocycles. The van der Waals surface area contributed by atoms with Crippen molar-refractivity contribution in [3.05, 3.63) is 29.2 Å². The molecule has 1 aromatic rings. The molecule has 0 radical (unpaired) electrons. The van der Waals surface area contributed by atoms with Crippen molar-refractivity contribution in [2.75, 3.05) is 5.73 Å². The lowest BCUT2D eigenvalue weighted by atomic mass is 10.3. The monoisotopic (exact) mass is 138 g/mol. The lowest BCUT2D eigenvalue weighted by Crippen LogP contribution is -1.85. The summed E-state index contributed by atoms with van der Waals surface area (Å²) < 4.78 is 0. The summed E-state index contributed by atoms with van der Waals surface area (Å²) in [5, 5.41) is 2.24. The number of nitrogens with two attached hydrogens (primary N) is 1. The van der Waals surface area contributed by atoms with E-state index < -0.39 is 0 Å². The van der Waals surface area contributed by atoms with E-state index in [4.69, 9.17) is 5.73 Å². The van der Waals surface area contributed by atoms with Crippen LogP contribution in [0, 0.1) is 4.91 Å². The quantitative estimate of drug-likeness (QED) is 0.381. The second-order valence-electron chi connectivity index (χ2n) is 1.74. The van der Waals surface area contributed by atoms with Crippen LogP contribution in [0.2, 0.25) is 0 Å². The topological polar surface area (TPSA) is 64.7 Å². The zero-order valence-electron chi connectivity index (χ0n) is 5.15. The van der Waals surface area contributed by atoms with Crippen molar-refractivity contribution < 1.29 is 4.84 Å². The van der Waals surface area contributed by atoms with Crippen LogP contribution in [0.5, 0.6) is 5.75 Å². The van der Waals surface area contributed by atoms with Crippen LogP contribution in [0.25, 0.3) is 0 Å².